The van der Waals surface area contributed by atoms with Crippen LogP contribution in [0.15, 0.2) is 24.3 Å². The molecular formula is C15H20N2O2. The summed E-state index contributed by atoms with van der Waals surface area (Å²) < 4.78 is 0. The number of amides is 1. The average molecular weight is 260 g/mol. The molecule has 1 aromatic rings. The molecule has 4 heteroatoms. The van der Waals surface area contributed by atoms with Crippen molar-refractivity contribution in [2.24, 2.45) is 0 Å². The molecule has 1 N–H and O–H groups in total. The fourth-order valence-corrected chi connectivity index (χ4v) is 1.98. The molecule has 0 fully saturated rings. The highest BCUT2D eigenvalue weighted by Crippen LogP contribution is 2.21. The largest absolute Gasteiger partial charge is 0.383 e. The van der Waals surface area contributed by atoms with E-state index in [1.807, 2.05) is 26.8 Å². The first-order valence-electron chi connectivity index (χ1n) is 6.52. The molecule has 1 aromatic carbocycles. The van der Waals surface area contributed by atoms with Gasteiger partial charge in [-0.1, -0.05) is 19.1 Å². The molecule has 19 heavy (non-hydrogen) atoms. The van der Waals surface area contributed by atoms with Gasteiger partial charge in [0, 0.05) is 19.0 Å². The molecule has 102 valence electrons. The van der Waals surface area contributed by atoms with Gasteiger partial charge in [0.15, 0.2) is 0 Å². The van der Waals surface area contributed by atoms with Crippen molar-refractivity contribution in [3.63, 3.8) is 0 Å². The lowest BCUT2D eigenvalue weighted by atomic mass is 9.94. The Labute approximate surface area is 114 Å². The second kappa shape index (κ2) is 6.91. The van der Waals surface area contributed by atoms with Gasteiger partial charge in [0.05, 0.1) is 11.6 Å². The lowest BCUT2D eigenvalue weighted by Gasteiger charge is -2.25. The molecule has 0 aromatic heterocycles. The number of hydrogen-bond acceptors (Lipinski definition) is 3. The van der Waals surface area contributed by atoms with Crippen molar-refractivity contribution in [1.82, 2.24) is 4.90 Å². The van der Waals surface area contributed by atoms with E-state index in [2.05, 4.69) is 0 Å². The number of aliphatic hydroxyl groups excluding tert-OH is 1. The van der Waals surface area contributed by atoms with Crippen LogP contribution in [0.3, 0.4) is 0 Å². The van der Waals surface area contributed by atoms with Crippen LogP contribution in [0.5, 0.6) is 0 Å². The fourth-order valence-electron chi connectivity index (χ4n) is 1.98. The molecule has 1 rings (SSSR count). The molecule has 4 nitrogen and oxygen atoms in total. The number of nitrogens with zero attached hydrogens (tertiary/aromatic N) is 2. The van der Waals surface area contributed by atoms with Crippen molar-refractivity contribution < 1.29 is 9.90 Å². The van der Waals surface area contributed by atoms with Crippen LogP contribution >= 0.6 is 0 Å². The zero-order valence-corrected chi connectivity index (χ0v) is 11.6. The minimum atomic E-state index is -1.05. The average Bonchev–Trinajstić information content (AvgIpc) is 2.47. The van der Waals surface area contributed by atoms with E-state index in [0.717, 1.165) is 5.56 Å². The van der Waals surface area contributed by atoms with Gasteiger partial charge in [0.1, 0.15) is 6.10 Å². The summed E-state index contributed by atoms with van der Waals surface area (Å²) in [5.74, 6) is -0.539. The summed E-state index contributed by atoms with van der Waals surface area (Å²) in [6.45, 7) is 6.77. The Bertz CT molecular complexity index is 458. The third-order valence-electron chi connectivity index (χ3n) is 3.37. The third-order valence-corrected chi connectivity index (χ3v) is 3.37. The van der Waals surface area contributed by atoms with Crippen molar-refractivity contribution in [2.75, 3.05) is 13.1 Å². The van der Waals surface area contributed by atoms with Crippen molar-refractivity contribution in [1.29, 1.82) is 5.26 Å². The SMILES string of the molecule is CCN(CC)C(=O)C(O)C(C)c1ccc(C#N)cc1. The molecule has 1 amide bonds. The number of nitriles is 1. The van der Waals surface area contributed by atoms with E-state index in [4.69, 9.17) is 5.26 Å². The Hall–Kier alpha value is -1.86. The number of carbonyl (C=O) groups is 1. The maximum atomic E-state index is 12.1. The molecule has 0 aliphatic heterocycles. The number of hydrogen-bond donors (Lipinski definition) is 1. The second-order valence-corrected chi connectivity index (χ2v) is 4.48. The van der Waals surface area contributed by atoms with Gasteiger partial charge in [-0.3, -0.25) is 4.79 Å². The van der Waals surface area contributed by atoms with Gasteiger partial charge >= 0.3 is 0 Å². The van der Waals surface area contributed by atoms with Crippen LogP contribution < -0.4 is 0 Å². The van der Waals surface area contributed by atoms with E-state index in [1.165, 1.54) is 0 Å². The Kier molecular flexibility index (Phi) is 5.53. The van der Waals surface area contributed by atoms with Crippen molar-refractivity contribution in [3.05, 3.63) is 35.4 Å². The normalized spacial score (nSPS) is 13.4. The summed E-state index contributed by atoms with van der Waals surface area (Å²) in [6.07, 6.45) is -1.05. The molecule has 0 bridgehead atoms. The van der Waals surface area contributed by atoms with Crippen LogP contribution in [-0.4, -0.2) is 35.1 Å². The highest BCUT2D eigenvalue weighted by atomic mass is 16.3. The van der Waals surface area contributed by atoms with Gasteiger partial charge in [-0.05, 0) is 31.5 Å². The minimum absolute atomic E-state index is 0.248. The molecule has 0 spiro atoms. The Morgan fingerprint density at radius 3 is 2.26 bits per heavy atom. The number of likely N-dealkylation sites (N-methyl/N-ethyl adjacent to an activating group) is 1. The summed E-state index contributed by atoms with van der Waals surface area (Å²) in [7, 11) is 0. The van der Waals surface area contributed by atoms with Crippen LogP contribution in [0.25, 0.3) is 0 Å². The highest BCUT2D eigenvalue weighted by Gasteiger charge is 2.26. The van der Waals surface area contributed by atoms with Gasteiger partial charge in [-0.15, -0.1) is 0 Å². The standard InChI is InChI=1S/C15H20N2O2/c1-4-17(5-2)15(19)14(18)11(3)13-8-6-12(10-16)7-9-13/h6-9,11,14,18H,4-5H2,1-3H3. The number of aliphatic hydroxyl groups is 1. The first-order chi connectivity index (χ1) is 9.04. The molecule has 0 aliphatic carbocycles. The zero-order valence-electron chi connectivity index (χ0n) is 11.6. The maximum Gasteiger partial charge on any atom is 0.252 e. The van der Waals surface area contributed by atoms with Gasteiger partial charge < -0.3 is 10.0 Å². The zero-order chi connectivity index (χ0) is 14.4. The van der Waals surface area contributed by atoms with Gasteiger partial charge in [0.2, 0.25) is 0 Å². The molecule has 0 aliphatic rings. The molecular weight excluding hydrogens is 240 g/mol. The Morgan fingerprint density at radius 1 is 1.32 bits per heavy atom. The van der Waals surface area contributed by atoms with Crippen LogP contribution in [0.4, 0.5) is 0 Å². The molecule has 0 heterocycles. The molecule has 2 unspecified atom stereocenters. The summed E-state index contributed by atoms with van der Waals surface area (Å²) in [5.41, 5.74) is 1.42. The van der Waals surface area contributed by atoms with E-state index in [9.17, 15) is 9.90 Å². The molecule has 0 radical (unpaired) electrons. The van der Waals surface area contributed by atoms with Crippen molar-refractivity contribution in [2.45, 2.75) is 32.8 Å². The smallest absolute Gasteiger partial charge is 0.252 e. The number of benzene rings is 1. The summed E-state index contributed by atoms with van der Waals surface area (Å²) in [5, 5.41) is 18.9. The van der Waals surface area contributed by atoms with Crippen LogP contribution in [-0.2, 0) is 4.79 Å². The summed E-state index contributed by atoms with van der Waals surface area (Å²) >= 11 is 0. The predicted molar refractivity (Wildman–Crippen MR) is 73.5 cm³/mol. The molecule has 0 saturated carbocycles. The van der Waals surface area contributed by atoms with Crippen molar-refractivity contribution >= 4 is 5.91 Å². The second-order valence-electron chi connectivity index (χ2n) is 4.48. The molecule has 2 atom stereocenters. The Morgan fingerprint density at radius 2 is 1.84 bits per heavy atom. The Balaban J connectivity index is 2.83. The first kappa shape index (κ1) is 15.2. The van der Waals surface area contributed by atoms with E-state index in [-0.39, 0.29) is 11.8 Å². The maximum absolute atomic E-state index is 12.1. The number of rotatable bonds is 5. The predicted octanol–water partition coefficient (Wildman–Crippen LogP) is 1.89. The summed E-state index contributed by atoms with van der Waals surface area (Å²) in [4.78, 5) is 13.7. The minimum Gasteiger partial charge on any atom is -0.383 e. The van der Waals surface area contributed by atoms with Crippen LogP contribution in [0.2, 0.25) is 0 Å². The third kappa shape index (κ3) is 3.55. The topological polar surface area (TPSA) is 64.3 Å². The van der Waals surface area contributed by atoms with Gasteiger partial charge in [0.25, 0.3) is 5.91 Å². The van der Waals surface area contributed by atoms with Gasteiger partial charge in [-0.2, -0.15) is 5.26 Å². The van der Waals surface area contributed by atoms with Gasteiger partial charge in [-0.25, -0.2) is 0 Å². The monoisotopic (exact) mass is 260 g/mol. The summed E-state index contributed by atoms with van der Waals surface area (Å²) in [6, 6.07) is 8.99. The van der Waals surface area contributed by atoms with E-state index >= 15 is 0 Å². The van der Waals surface area contributed by atoms with E-state index in [1.54, 1.807) is 29.2 Å². The van der Waals surface area contributed by atoms with Crippen LogP contribution in [0, 0.1) is 11.3 Å². The van der Waals surface area contributed by atoms with Crippen molar-refractivity contribution in [3.8, 4) is 6.07 Å². The van der Waals surface area contributed by atoms with E-state index < -0.39 is 6.10 Å². The van der Waals surface area contributed by atoms with Crippen LogP contribution in [0.1, 0.15) is 37.8 Å². The number of carbonyl (C=O) groups excluding carboxylic acids is 1. The highest BCUT2D eigenvalue weighted by molar-refractivity contribution is 5.81. The first-order valence-corrected chi connectivity index (χ1v) is 6.52. The lowest BCUT2D eigenvalue weighted by Crippen LogP contribution is -2.41. The molecule has 0 saturated heterocycles. The fraction of sp³-hybridized carbons (Fsp3) is 0.467. The van der Waals surface area contributed by atoms with E-state index in [0.29, 0.717) is 18.7 Å². The quantitative estimate of drug-likeness (QED) is 0.879. The lowest BCUT2D eigenvalue weighted by molar-refractivity contribution is -0.140.